The van der Waals surface area contributed by atoms with E-state index < -0.39 is 0 Å². The SMILES string of the molecule is CN(Cc1ccccc1Br)C(=O)C[NH+]1CCN(c2ccccc2O)CC1. The van der Waals surface area contributed by atoms with Crippen LogP contribution in [0.5, 0.6) is 5.75 Å². The molecule has 1 saturated heterocycles. The van der Waals surface area contributed by atoms with Crippen LogP contribution in [0, 0.1) is 0 Å². The quantitative estimate of drug-likeness (QED) is 0.773. The lowest BCUT2D eigenvalue weighted by molar-refractivity contribution is -0.892. The second-order valence-corrected chi connectivity index (χ2v) is 7.60. The van der Waals surface area contributed by atoms with Crippen molar-refractivity contribution in [3.63, 3.8) is 0 Å². The summed E-state index contributed by atoms with van der Waals surface area (Å²) in [6, 6.07) is 15.4. The van der Waals surface area contributed by atoms with Gasteiger partial charge in [-0.2, -0.15) is 0 Å². The lowest BCUT2D eigenvalue weighted by atomic mass is 10.2. The monoisotopic (exact) mass is 418 g/mol. The Morgan fingerprint density at radius 2 is 1.81 bits per heavy atom. The third-order valence-electron chi connectivity index (χ3n) is 4.89. The van der Waals surface area contributed by atoms with E-state index in [-0.39, 0.29) is 5.91 Å². The summed E-state index contributed by atoms with van der Waals surface area (Å²) in [5.41, 5.74) is 1.99. The standard InChI is InChI=1S/C20H24BrN3O2/c1-22(14-16-6-2-3-7-17(16)21)20(26)15-23-10-12-24(13-11-23)18-8-4-5-9-19(18)25/h2-9,25H,10-15H2,1H3/p+1. The van der Waals surface area contributed by atoms with Gasteiger partial charge in [0.25, 0.3) is 5.91 Å². The minimum Gasteiger partial charge on any atom is -0.506 e. The summed E-state index contributed by atoms with van der Waals surface area (Å²) in [4.78, 5) is 17.8. The van der Waals surface area contributed by atoms with Gasteiger partial charge in [-0.1, -0.05) is 46.3 Å². The maximum absolute atomic E-state index is 12.6. The number of halogens is 1. The number of phenolic OH excluding ortho intramolecular Hbond substituents is 1. The molecule has 2 N–H and O–H groups in total. The number of hydrogen-bond donors (Lipinski definition) is 2. The van der Waals surface area contributed by atoms with E-state index in [9.17, 15) is 9.90 Å². The van der Waals surface area contributed by atoms with E-state index >= 15 is 0 Å². The number of nitrogens with one attached hydrogen (secondary N) is 1. The molecule has 0 atom stereocenters. The van der Waals surface area contributed by atoms with Gasteiger partial charge in [-0.25, -0.2) is 0 Å². The van der Waals surface area contributed by atoms with Crippen molar-refractivity contribution in [2.75, 3.05) is 44.7 Å². The Kier molecular flexibility index (Phi) is 6.16. The van der Waals surface area contributed by atoms with Gasteiger partial charge in [0.1, 0.15) is 5.75 Å². The van der Waals surface area contributed by atoms with Crippen LogP contribution in [0.2, 0.25) is 0 Å². The van der Waals surface area contributed by atoms with Gasteiger partial charge in [-0.15, -0.1) is 0 Å². The first kappa shape index (κ1) is 18.7. The summed E-state index contributed by atoms with van der Waals surface area (Å²) in [6.07, 6.45) is 0. The molecule has 0 aliphatic carbocycles. The highest BCUT2D eigenvalue weighted by molar-refractivity contribution is 9.10. The number of hydrogen-bond acceptors (Lipinski definition) is 3. The number of benzene rings is 2. The largest absolute Gasteiger partial charge is 0.506 e. The summed E-state index contributed by atoms with van der Waals surface area (Å²) in [6.45, 7) is 4.58. The van der Waals surface area contributed by atoms with Gasteiger partial charge in [0, 0.05) is 18.1 Å². The molecule has 1 amide bonds. The summed E-state index contributed by atoms with van der Waals surface area (Å²) < 4.78 is 1.03. The maximum Gasteiger partial charge on any atom is 0.277 e. The van der Waals surface area contributed by atoms with Crippen molar-refractivity contribution in [3.8, 4) is 5.75 Å². The molecule has 1 heterocycles. The van der Waals surface area contributed by atoms with Crippen LogP contribution in [0.3, 0.4) is 0 Å². The first-order valence-corrected chi connectivity index (χ1v) is 9.68. The predicted octanol–water partition coefficient (Wildman–Crippen LogP) is 1.52. The van der Waals surface area contributed by atoms with Gasteiger partial charge in [0.15, 0.2) is 6.54 Å². The van der Waals surface area contributed by atoms with Crippen molar-refractivity contribution in [3.05, 3.63) is 58.6 Å². The molecule has 3 rings (SSSR count). The number of piperazine rings is 1. The molecule has 0 radical (unpaired) electrons. The molecule has 1 aliphatic rings. The molecular formula is C20H25BrN3O2+. The van der Waals surface area contributed by atoms with Crippen LogP contribution in [0.1, 0.15) is 5.56 Å². The van der Waals surface area contributed by atoms with Crippen molar-refractivity contribution in [2.45, 2.75) is 6.54 Å². The Morgan fingerprint density at radius 3 is 2.50 bits per heavy atom. The highest BCUT2D eigenvalue weighted by atomic mass is 79.9. The van der Waals surface area contributed by atoms with Gasteiger partial charge < -0.3 is 19.8 Å². The molecule has 0 saturated carbocycles. The van der Waals surface area contributed by atoms with Crippen LogP contribution >= 0.6 is 15.9 Å². The van der Waals surface area contributed by atoms with E-state index in [0.29, 0.717) is 18.8 Å². The van der Waals surface area contributed by atoms with E-state index in [1.165, 1.54) is 4.90 Å². The third kappa shape index (κ3) is 4.56. The fourth-order valence-corrected chi connectivity index (χ4v) is 3.70. The first-order valence-electron chi connectivity index (χ1n) is 8.88. The number of phenols is 1. The third-order valence-corrected chi connectivity index (χ3v) is 5.66. The molecule has 138 valence electrons. The summed E-state index contributed by atoms with van der Waals surface area (Å²) in [5, 5.41) is 10.00. The van der Waals surface area contributed by atoms with E-state index in [1.54, 1.807) is 11.0 Å². The van der Waals surface area contributed by atoms with Crippen LogP contribution in [-0.4, -0.2) is 55.7 Å². The van der Waals surface area contributed by atoms with Crippen molar-refractivity contribution in [1.29, 1.82) is 0 Å². The Labute approximate surface area is 163 Å². The number of aromatic hydroxyl groups is 1. The highest BCUT2D eigenvalue weighted by Gasteiger charge is 2.25. The zero-order valence-electron chi connectivity index (χ0n) is 15.0. The number of rotatable bonds is 5. The number of anilines is 1. The van der Waals surface area contributed by atoms with Gasteiger partial charge in [0.2, 0.25) is 0 Å². The molecule has 2 aromatic carbocycles. The van der Waals surface area contributed by atoms with Gasteiger partial charge >= 0.3 is 0 Å². The number of para-hydroxylation sites is 2. The second-order valence-electron chi connectivity index (χ2n) is 6.74. The lowest BCUT2D eigenvalue weighted by Gasteiger charge is -2.34. The van der Waals surface area contributed by atoms with Crippen molar-refractivity contribution >= 4 is 27.5 Å². The Bertz CT molecular complexity index is 760. The minimum atomic E-state index is 0.159. The number of likely N-dealkylation sites (N-methyl/N-ethyl adjacent to an activating group) is 1. The Balaban J connectivity index is 1.50. The van der Waals surface area contributed by atoms with Crippen LogP contribution in [0.15, 0.2) is 53.0 Å². The van der Waals surface area contributed by atoms with Crippen molar-refractivity contribution < 1.29 is 14.8 Å². The molecule has 1 aliphatic heterocycles. The van der Waals surface area contributed by atoms with Crippen LogP contribution in [0.25, 0.3) is 0 Å². The number of nitrogens with zero attached hydrogens (tertiary/aromatic N) is 2. The summed E-state index contributed by atoms with van der Waals surface area (Å²) in [5.74, 6) is 0.479. The molecule has 6 heteroatoms. The lowest BCUT2D eigenvalue weighted by Crippen LogP contribution is -3.15. The van der Waals surface area contributed by atoms with Crippen molar-refractivity contribution in [2.24, 2.45) is 0 Å². The van der Waals surface area contributed by atoms with E-state index in [0.717, 1.165) is 41.9 Å². The maximum atomic E-state index is 12.6. The number of carbonyl (C=O) groups excluding carboxylic acids is 1. The number of amides is 1. The topological polar surface area (TPSA) is 48.2 Å². The smallest absolute Gasteiger partial charge is 0.277 e. The molecule has 0 spiro atoms. The molecule has 5 nitrogen and oxygen atoms in total. The number of carbonyl (C=O) groups is 1. The van der Waals surface area contributed by atoms with E-state index in [2.05, 4.69) is 20.8 Å². The van der Waals surface area contributed by atoms with E-state index in [4.69, 9.17) is 0 Å². The average Bonchev–Trinajstić information content (AvgIpc) is 2.65. The number of quaternary nitrogens is 1. The van der Waals surface area contributed by atoms with Crippen LogP contribution < -0.4 is 9.80 Å². The molecule has 2 aromatic rings. The summed E-state index contributed by atoms with van der Waals surface area (Å²) in [7, 11) is 1.86. The van der Waals surface area contributed by atoms with Gasteiger partial charge in [-0.3, -0.25) is 4.79 Å². The Morgan fingerprint density at radius 1 is 1.15 bits per heavy atom. The summed E-state index contributed by atoms with van der Waals surface area (Å²) >= 11 is 3.54. The molecule has 0 bridgehead atoms. The fourth-order valence-electron chi connectivity index (χ4n) is 3.29. The fraction of sp³-hybridized carbons (Fsp3) is 0.350. The van der Waals surface area contributed by atoms with E-state index in [1.807, 2.05) is 49.5 Å². The second kappa shape index (κ2) is 8.56. The predicted molar refractivity (Wildman–Crippen MR) is 106 cm³/mol. The molecular weight excluding hydrogens is 394 g/mol. The minimum absolute atomic E-state index is 0.159. The van der Waals surface area contributed by atoms with Crippen molar-refractivity contribution in [1.82, 2.24) is 4.90 Å². The van der Waals surface area contributed by atoms with Crippen LogP contribution in [0.4, 0.5) is 5.69 Å². The zero-order chi connectivity index (χ0) is 18.5. The van der Waals surface area contributed by atoms with Crippen LogP contribution in [-0.2, 0) is 11.3 Å². The molecule has 0 aromatic heterocycles. The molecule has 26 heavy (non-hydrogen) atoms. The van der Waals surface area contributed by atoms with Gasteiger partial charge in [-0.05, 0) is 23.8 Å². The first-order chi connectivity index (χ1) is 12.5. The highest BCUT2D eigenvalue weighted by Crippen LogP contribution is 2.26. The molecule has 0 unspecified atom stereocenters. The molecule has 1 fully saturated rings. The van der Waals surface area contributed by atoms with Gasteiger partial charge in [0.05, 0.1) is 31.9 Å². The average molecular weight is 419 g/mol. The zero-order valence-corrected chi connectivity index (χ0v) is 16.6. The normalized spacial score (nSPS) is 15.1. The Hall–Kier alpha value is -2.05.